The fourth-order valence-electron chi connectivity index (χ4n) is 3.71. The second-order valence-electron chi connectivity index (χ2n) is 7.32. The minimum absolute atomic E-state index is 0.323. The Labute approximate surface area is 185 Å². The summed E-state index contributed by atoms with van der Waals surface area (Å²) in [5.74, 6) is 0.681. The molecule has 0 amide bonds. The van der Waals surface area contributed by atoms with Gasteiger partial charge in [0.1, 0.15) is 5.82 Å². The minimum atomic E-state index is 0.323. The van der Waals surface area contributed by atoms with E-state index in [9.17, 15) is 0 Å². The van der Waals surface area contributed by atoms with Crippen molar-refractivity contribution < 1.29 is 0 Å². The molecule has 7 heteroatoms. The zero-order valence-corrected chi connectivity index (χ0v) is 17.6. The predicted molar refractivity (Wildman–Crippen MR) is 126 cm³/mol. The molecule has 0 atom stereocenters. The highest BCUT2D eigenvalue weighted by Gasteiger charge is 2.15. The summed E-state index contributed by atoms with van der Waals surface area (Å²) in [4.78, 5) is 13.5. The SMILES string of the molecule is Cc1cc(/C=C/C#N)cc(C)c1-c1cncc2c(N)nc(Nc3ccc(C#N)cc3)nc12. The number of pyridine rings is 1. The van der Waals surface area contributed by atoms with Crippen molar-refractivity contribution in [1.82, 2.24) is 15.0 Å². The summed E-state index contributed by atoms with van der Waals surface area (Å²) in [5.41, 5.74) is 13.2. The Morgan fingerprint density at radius 2 is 1.72 bits per heavy atom. The van der Waals surface area contributed by atoms with Gasteiger partial charge in [0.25, 0.3) is 0 Å². The molecule has 2 heterocycles. The summed E-state index contributed by atoms with van der Waals surface area (Å²) in [5, 5.41) is 21.6. The van der Waals surface area contributed by atoms with E-state index in [4.69, 9.17) is 21.2 Å². The quantitative estimate of drug-likeness (QED) is 0.445. The number of allylic oxidation sites excluding steroid dienone is 1. The molecule has 3 N–H and O–H groups in total. The van der Waals surface area contributed by atoms with Crippen LogP contribution in [-0.4, -0.2) is 15.0 Å². The lowest BCUT2D eigenvalue weighted by molar-refractivity contribution is 1.20. The third kappa shape index (κ3) is 3.96. The number of anilines is 3. The lowest BCUT2D eigenvalue weighted by Gasteiger charge is -2.15. The molecule has 0 radical (unpaired) electrons. The Hall–Kier alpha value is -4.75. The van der Waals surface area contributed by atoms with Crippen LogP contribution in [0.25, 0.3) is 28.1 Å². The summed E-state index contributed by atoms with van der Waals surface area (Å²) in [6.07, 6.45) is 6.68. The molecule has 4 aromatic rings. The fourth-order valence-corrected chi connectivity index (χ4v) is 3.71. The van der Waals surface area contributed by atoms with Crippen LogP contribution >= 0.6 is 0 Å². The normalized spacial score (nSPS) is 10.8. The molecule has 0 aliphatic heterocycles. The summed E-state index contributed by atoms with van der Waals surface area (Å²) in [6.45, 7) is 4.04. The summed E-state index contributed by atoms with van der Waals surface area (Å²) in [6, 6.07) is 15.2. The fraction of sp³-hybridized carbons (Fsp3) is 0.0800. The van der Waals surface area contributed by atoms with Crippen molar-refractivity contribution in [1.29, 1.82) is 10.5 Å². The average Bonchev–Trinajstić information content (AvgIpc) is 2.78. The molecule has 0 bridgehead atoms. The van der Waals surface area contributed by atoms with Crippen LogP contribution in [0.2, 0.25) is 0 Å². The zero-order valence-electron chi connectivity index (χ0n) is 17.6. The molecule has 32 heavy (non-hydrogen) atoms. The van der Waals surface area contributed by atoms with Gasteiger partial charge in [0, 0.05) is 29.7 Å². The molecule has 0 unspecified atom stereocenters. The maximum atomic E-state index is 8.98. The molecular formula is C25H19N7. The number of aromatic nitrogens is 3. The van der Waals surface area contributed by atoms with Crippen LogP contribution in [0.3, 0.4) is 0 Å². The van der Waals surface area contributed by atoms with E-state index in [-0.39, 0.29) is 0 Å². The molecule has 0 aliphatic carbocycles. The maximum absolute atomic E-state index is 8.98. The first-order valence-corrected chi connectivity index (χ1v) is 9.86. The number of fused-ring (bicyclic) bond motifs is 1. The lowest BCUT2D eigenvalue weighted by atomic mass is 9.93. The molecule has 0 saturated heterocycles. The van der Waals surface area contributed by atoms with Gasteiger partial charge in [-0.2, -0.15) is 15.5 Å². The molecule has 7 nitrogen and oxygen atoms in total. The molecule has 2 aromatic heterocycles. The van der Waals surface area contributed by atoms with Crippen LogP contribution in [0.1, 0.15) is 22.3 Å². The van der Waals surface area contributed by atoms with Gasteiger partial charge in [-0.3, -0.25) is 4.98 Å². The highest BCUT2D eigenvalue weighted by molar-refractivity contribution is 5.99. The number of aryl methyl sites for hydroxylation is 2. The third-order valence-corrected chi connectivity index (χ3v) is 5.08. The van der Waals surface area contributed by atoms with Gasteiger partial charge in [-0.05, 0) is 66.4 Å². The van der Waals surface area contributed by atoms with Gasteiger partial charge in [-0.25, -0.2) is 4.98 Å². The van der Waals surface area contributed by atoms with Gasteiger partial charge < -0.3 is 11.1 Å². The second kappa shape index (κ2) is 8.55. The van der Waals surface area contributed by atoms with Crippen LogP contribution in [0, 0.1) is 36.5 Å². The number of hydrogen-bond donors (Lipinski definition) is 2. The van der Waals surface area contributed by atoms with Gasteiger partial charge in [0.15, 0.2) is 0 Å². The van der Waals surface area contributed by atoms with E-state index in [1.165, 1.54) is 6.08 Å². The van der Waals surface area contributed by atoms with Crippen molar-refractivity contribution in [2.75, 3.05) is 11.1 Å². The molecule has 0 fully saturated rings. The van der Waals surface area contributed by atoms with E-state index in [2.05, 4.69) is 21.4 Å². The van der Waals surface area contributed by atoms with E-state index in [1.807, 2.05) is 32.0 Å². The number of rotatable bonds is 4. The van der Waals surface area contributed by atoms with Crippen molar-refractivity contribution in [3.8, 4) is 23.3 Å². The summed E-state index contributed by atoms with van der Waals surface area (Å²) >= 11 is 0. The van der Waals surface area contributed by atoms with Gasteiger partial charge >= 0.3 is 0 Å². The topological polar surface area (TPSA) is 124 Å². The largest absolute Gasteiger partial charge is 0.383 e. The number of nitrogens with one attached hydrogen (secondary N) is 1. The summed E-state index contributed by atoms with van der Waals surface area (Å²) in [7, 11) is 0. The van der Waals surface area contributed by atoms with Gasteiger partial charge in [-0.1, -0.05) is 12.1 Å². The van der Waals surface area contributed by atoms with Crippen LogP contribution in [0.15, 0.2) is 54.9 Å². The molecule has 0 saturated carbocycles. The van der Waals surface area contributed by atoms with Crippen molar-refractivity contribution >= 4 is 34.4 Å². The number of nitrogen functional groups attached to an aromatic ring is 1. The average molecular weight is 417 g/mol. The van der Waals surface area contributed by atoms with Crippen molar-refractivity contribution in [2.24, 2.45) is 0 Å². The van der Waals surface area contributed by atoms with E-state index < -0.39 is 0 Å². The number of hydrogen-bond acceptors (Lipinski definition) is 7. The third-order valence-electron chi connectivity index (χ3n) is 5.08. The summed E-state index contributed by atoms with van der Waals surface area (Å²) < 4.78 is 0. The number of nitrogens with zero attached hydrogens (tertiary/aromatic N) is 5. The van der Waals surface area contributed by atoms with Crippen LogP contribution in [-0.2, 0) is 0 Å². The van der Waals surface area contributed by atoms with Crippen molar-refractivity contribution in [3.63, 3.8) is 0 Å². The van der Waals surface area contributed by atoms with E-state index in [0.717, 1.165) is 33.5 Å². The smallest absolute Gasteiger partial charge is 0.229 e. The van der Waals surface area contributed by atoms with Crippen LogP contribution in [0.5, 0.6) is 0 Å². The molecule has 2 aromatic carbocycles. The molecule has 154 valence electrons. The highest BCUT2D eigenvalue weighted by atomic mass is 15.1. The molecule has 4 rings (SSSR count). The second-order valence-corrected chi connectivity index (χ2v) is 7.32. The number of nitrogens with two attached hydrogens (primary N) is 1. The van der Waals surface area contributed by atoms with Crippen molar-refractivity contribution in [3.05, 3.63) is 77.1 Å². The number of nitriles is 2. The zero-order chi connectivity index (χ0) is 22.7. The Bertz CT molecular complexity index is 1420. The van der Waals surface area contributed by atoms with E-state index in [0.29, 0.717) is 28.2 Å². The van der Waals surface area contributed by atoms with Crippen LogP contribution in [0.4, 0.5) is 17.5 Å². The molecule has 0 aliphatic rings. The van der Waals surface area contributed by atoms with Gasteiger partial charge in [0.05, 0.1) is 28.6 Å². The Morgan fingerprint density at radius 1 is 1.00 bits per heavy atom. The van der Waals surface area contributed by atoms with Gasteiger partial charge in [0.2, 0.25) is 5.95 Å². The first kappa shape index (κ1) is 20.5. The first-order chi connectivity index (χ1) is 15.5. The Kier molecular flexibility index (Phi) is 5.48. The first-order valence-electron chi connectivity index (χ1n) is 9.86. The minimum Gasteiger partial charge on any atom is -0.383 e. The van der Waals surface area contributed by atoms with Gasteiger partial charge in [-0.15, -0.1) is 0 Å². The lowest BCUT2D eigenvalue weighted by Crippen LogP contribution is -2.03. The van der Waals surface area contributed by atoms with Crippen LogP contribution < -0.4 is 11.1 Å². The molecule has 0 spiro atoms. The standard InChI is InChI=1S/C25H19N7/c1-15-10-18(4-3-9-26)11-16(2)22(15)20-13-29-14-21-23(20)31-25(32-24(21)28)30-19-7-5-17(12-27)6-8-19/h3-8,10-11,13-14H,1-2H3,(H3,28,30,31,32)/b4-3+. The van der Waals surface area contributed by atoms with E-state index >= 15 is 0 Å². The number of benzene rings is 2. The Balaban J connectivity index is 1.83. The monoisotopic (exact) mass is 417 g/mol. The molecular weight excluding hydrogens is 398 g/mol. The predicted octanol–water partition coefficient (Wildman–Crippen LogP) is 5.04. The maximum Gasteiger partial charge on any atom is 0.229 e. The van der Waals surface area contributed by atoms with E-state index in [1.54, 1.807) is 42.7 Å². The highest BCUT2D eigenvalue weighted by Crippen LogP contribution is 2.34. The van der Waals surface area contributed by atoms with Crippen molar-refractivity contribution in [2.45, 2.75) is 13.8 Å². The Morgan fingerprint density at radius 3 is 2.38 bits per heavy atom.